The van der Waals surface area contributed by atoms with E-state index < -0.39 is 0 Å². The Morgan fingerprint density at radius 2 is 0.443 bits per heavy atom. The summed E-state index contributed by atoms with van der Waals surface area (Å²) in [6.07, 6.45) is 0. The van der Waals surface area contributed by atoms with Crippen molar-refractivity contribution in [1.82, 2.24) is 0 Å². The van der Waals surface area contributed by atoms with Crippen LogP contribution >= 0.6 is 0 Å². The van der Waals surface area contributed by atoms with Crippen molar-refractivity contribution in [2.24, 2.45) is 0 Å². The lowest BCUT2D eigenvalue weighted by Gasteiger charge is -2.22. The fourth-order valence-electron chi connectivity index (χ4n) is 11.9. The van der Waals surface area contributed by atoms with Crippen molar-refractivity contribution in [3.63, 3.8) is 0 Å². The van der Waals surface area contributed by atoms with Gasteiger partial charge in [0.25, 0.3) is 0 Å². The molecule has 0 aromatic heterocycles. The van der Waals surface area contributed by atoms with Gasteiger partial charge in [0, 0.05) is 0 Å². The van der Waals surface area contributed by atoms with Crippen LogP contribution in [0.3, 0.4) is 0 Å². The molecule has 0 nitrogen and oxygen atoms in total. The Kier molecular flexibility index (Phi) is 9.32. The molecule has 0 aliphatic rings. The molecule has 324 valence electrons. The van der Waals surface area contributed by atoms with Gasteiger partial charge in [-0.2, -0.15) is 0 Å². The summed E-state index contributed by atoms with van der Waals surface area (Å²) in [5.74, 6) is 0. The zero-order chi connectivity index (χ0) is 46.1. The summed E-state index contributed by atoms with van der Waals surface area (Å²) in [5, 5.41) is 17.5. The van der Waals surface area contributed by atoms with E-state index in [1.54, 1.807) is 0 Å². The SMILES string of the molecule is c1ccc(-c2ccc3c(-c4ccc(-c5c6ccccc6c(-c6c7ccccc7c(-c7cccc8ccccc78)c7ccccc67)c6ccccc56)cc4)c4ccccc4c(-c4ccccc4)c3c2)cc1. The van der Waals surface area contributed by atoms with Crippen LogP contribution in [-0.2, 0) is 0 Å². The molecule has 14 rings (SSSR count). The van der Waals surface area contributed by atoms with Gasteiger partial charge in [0.1, 0.15) is 0 Å². The Balaban J connectivity index is 0.996. The molecule has 0 spiro atoms. The van der Waals surface area contributed by atoms with Gasteiger partial charge < -0.3 is 0 Å². The van der Waals surface area contributed by atoms with Gasteiger partial charge in [-0.1, -0.05) is 261 Å². The Morgan fingerprint density at radius 1 is 0.143 bits per heavy atom. The molecule has 14 aromatic carbocycles. The zero-order valence-corrected chi connectivity index (χ0v) is 38.4. The first-order valence-corrected chi connectivity index (χ1v) is 24.3. The molecular weight excluding hydrogens is 841 g/mol. The van der Waals surface area contributed by atoms with Gasteiger partial charge in [-0.05, 0) is 148 Å². The molecular formula is C70H44. The largest absolute Gasteiger partial charge is 0.0622 e. The van der Waals surface area contributed by atoms with Crippen LogP contribution in [0.5, 0.6) is 0 Å². The fourth-order valence-corrected chi connectivity index (χ4v) is 11.9. The summed E-state index contributed by atoms with van der Waals surface area (Å²) in [7, 11) is 0. The van der Waals surface area contributed by atoms with E-state index >= 15 is 0 Å². The third kappa shape index (κ3) is 6.24. The Hall–Kier alpha value is -9.10. The average molecular weight is 885 g/mol. The van der Waals surface area contributed by atoms with E-state index in [0.717, 1.165) is 0 Å². The van der Waals surface area contributed by atoms with Crippen LogP contribution in [0, 0.1) is 0 Å². The first-order valence-electron chi connectivity index (χ1n) is 24.3. The number of hydrogen-bond acceptors (Lipinski definition) is 0. The second-order valence-electron chi connectivity index (χ2n) is 18.6. The summed E-state index contributed by atoms with van der Waals surface area (Å²) in [6.45, 7) is 0. The fraction of sp³-hybridized carbons (Fsp3) is 0. The number of hydrogen-bond donors (Lipinski definition) is 0. The van der Waals surface area contributed by atoms with E-state index in [2.05, 4.69) is 267 Å². The first kappa shape index (κ1) is 40.0. The maximum absolute atomic E-state index is 2.40. The monoisotopic (exact) mass is 884 g/mol. The number of rotatable bonds is 6. The minimum Gasteiger partial charge on any atom is -0.0622 e. The van der Waals surface area contributed by atoms with E-state index in [9.17, 15) is 0 Å². The van der Waals surface area contributed by atoms with E-state index in [-0.39, 0.29) is 0 Å². The second-order valence-corrected chi connectivity index (χ2v) is 18.6. The van der Waals surface area contributed by atoms with Crippen LogP contribution < -0.4 is 0 Å². The lowest BCUT2D eigenvalue weighted by atomic mass is 9.80. The summed E-state index contributed by atoms with van der Waals surface area (Å²) >= 11 is 0. The zero-order valence-electron chi connectivity index (χ0n) is 38.4. The van der Waals surface area contributed by atoms with Crippen molar-refractivity contribution in [2.75, 3.05) is 0 Å². The van der Waals surface area contributed by atoms with Crippen molar-refractivity contribution >= 4 is 75.4 Å². The molecule has 0 saturated carbocycles. The van der Waals surface area contributed by atoms with Crippen LogP contribution in [0.1, 0.15) is 0 Å². The highest BCUT2D eigenvalue weighted by Gasteiger charge is 2.24. The topological polar surface area (TPSA) is 0 Å². The molecule has 0 bridgehead atoms. The van der Waals surface area contributed by atoms with Gasteiger partial charge in [0.15, 0.2) is 0 Å². The molecule has 0 atom stereocenters. The van der Waals surface area contributed by atoms with Gasteiger partial charge in [-0.3, -0.25) is 0 Å². The average Bonchev–Trinajstić information content (AvgIpc) is 3.43. The molecule has 0 radical (unpaired) electrons. The van der Waals surface area contributed by atoms with Gasteiger partial charge >= 0.3 is 0 Å². The summed E-state index contributed by atoms with van der Waals surface area (Å²) in [5.41, 5.74) is 14.9. The van der Waals surface area contributed by atoms with Gasteiger partial charge in [0.05, 0.1) is 0 Å². The lowest BCUT2D eigenvalue weighted by molar-refractivity contribution is 1.62. The maximum atomic E-state index is 2.40. The molecule has 0 fully saturated rings. The van der Waals surface area contributed by atoms with Crippen LogP contribution in [0.4, 0.5) is 0 Å². The number of benzene rings is 14. The minimum absolute atomic E-state index is 1.20. The van der Waals surface area contributed by atoms with E-state index in [1.165, 1.54) is 142 Å². The minimum atomic E-state index is 1.20. The highest BCUT2D eigenvalue weighted by molar-refractivity contribution is 6.31. The molecule has 0 unspecified atom stereocenters. The molecule has 0 saturated heterocycles. The van der Waals surface area contributed by atoms with E-state index in [0.29, 0.717) is 0 Å². The predicted molar refractivity (Wildman–Crippen MR) is 302 cm³/mol. The van der Waals surface area contributed by atoms with Crippen molar-refractivity contribution in [3.05, 3.63) is 267 Å². The lowest BCUT2D eigenvalue weighted by Crippen LogP contribution is -1.95. The quantitative estimate of drug-likeness (QED) is 0.146. The Labute approximate surface area is 407 Å². The number of fused-ring (bicyclic) bond motifs is 7. The molecule has 0 amide bonds. The maximum Gasteiger partial charge on any atom is -0.00139 e. The molecule has 0 heteroatoms. The van der Waals surface area contributed by atoms with Crippen molar-refractivity contribution in [1.29, 1.82) is 0 Å². The van der Waals surface area contributed by atoms with Gasteiger partial charge in [-0.15, -0.1) is 0 Å². The molecule has 0 heterocycles. The van der Waals surface area contributed by atoms with Crippen LogP contribution in [0.25, 0.3) is 142 Å². The van der Waals surface area contributed by atoms with Gasteiger partial charge in [0.2, 0.25) is 0 Å². The highest BCUT2D eigenvalue weighted by atomic mass is 14.3. The molecule has 0 aliphatic heterocycles. The van der Waals surface area contributed by atoms with Gasteiger partial charge in [-0.25, -0.2) is 0 Å². The van der Waals surface area contributed by atoms with Crippen molar-refractivity contribution in [2.45, 2.75) is 0 Å². The third-order valence-corrected chi connectivity index (χ3v) is 14.8. The van der Waals surface area contributed by atoms with Crippen LogP contribution in [-0.4, -0.2) is 0 Å². The third-order valence-electron chi connectivity index (χ3n) is 14.8. The Bertz CT molecular complexity index is 4250. The smallest absolute Gasteiger partial charge is 0.00139 e. The second kappa shape index (κ2) is 16.3. The molecule has 0 aliphatic carbocycles. The van der Waals surface area contributed by atoms with Crippen molar-refractivity contribution < 1.29 is 0 Å². The summed E-state index contributed by atoms with van der Waals surface area (Å²) < 4.78 is 0. The normalized spacial score (nSPS) is 11.7. The van der Waals surface area contributed by atoms with Crippen LogP contribution in [0.15, 0.2) is 267 Å². The van der Waals surface area contributed by atoms with Crippen LogP contribution in [0.2, 0.25) is 0 Å². The van der Waals surface area contributed by atoms with E-state index in [1.807, 2.05) is 0 Å². The molecule has 14 aromatic rings. The first-order chi connectivity index (χ1) is 34.8. The molecule has 0 N–H and O–H groups in total. The highest BCUT2D eigenvalue weighted by Crippen LogP contribution is 2.51. The predicted octanol–water partition coefficient (Wildman–Crippen LogP) is 19.8. The summed E-state index contributed by atoms with van der Waals surface area (Å²) in [6, 6.07) is 98.9. The summed E-state index contributed by atoms with van der Waals surface area (Å²) in [4.78, 5) is 0. The van der Waals surface area contributed by atoms with E-state index in [4.69, 9.17) is 0 Å². The van der Waals surface area contributed by atoms with Crippen molar-refractivity contribution in [3.8, 4) is 66.8 Å². The Morgan fingerprint density at radius 3 is 0.900 bits per heavy atom. The standard InChI is InChI=1S/C70H44/c1-3-20-45(21-4-1)50-42-43-63-64(44-50)67(47-23-5-2-6-24-47)54-28-10-9-27-53(54)66(63)49-40-38-48(39-41-49)65-55-29-11-15-33-59(55)69(60-34-16-12-30-56(60)65)70-61-35-17-13-31-57(61)68(58-32-14-18-36-62(58)70)52-37-19-25-46-22-7-8-26-51(46)52/h1-44H. The molecule has 70 heavy (non-hydrogen) atoms.